The van der Waals surface area contributed by atoms with Crippen LogP contribution in [0.25, 0.3) is 6.08 Å². The van der Waals surface area contributed by atoms with Crippen molar-refractivity contribution in [2.45, 2.75) is 0 Å². The van der Waals surface area contributed by atoms with Crippen molar-refractivity contribution in [3.8, 4) is 5.75 Å². The molecule has 5 nitrogen and oxygen atoms in total. The Balaban J connectivity index is 1.92. The van der Waals surface area contributed by atoms with Crippen molar-refractivity contribution in [1.82, 2.24) is 0 Å². The number of primary amides is 1. The number of amides is 2. The van der Waals surface area contributed by atoms with Crippen LogP contribution in [0.4, 0.5) is 10.1 Å². The van der Waals surface area contributed by atoms with Crippen molar-refractivity contribution >= 4 is 51.9 Å². The smallest absolute Gasteiger partial charge is 0.270 e. The minimum atomic E-state index is -0.606. The lowest BCUT2D eigenvalue weighted by atomic mass is 10.2. The third kappa shape index (κ3) is 3.76. The van der Waals surface area contributed by atoms with Gasteiger partial charge in [-0.25, -0.2) is 4.39 Å². The van der Waals surface area contributed by atoms with Gasteiger partial charge in [-0.2, -0.15) is 0 Å². The van der Waals surface area contributed by atoms with Gasteiger partial charge in [-0.3, -0.25) is 14.5 Å². The Morgan fingerprint density at radius 3 is 2.65 bits per heavy atom. The summed E-state index contributed by atoms with van der Waals surface area (Å²) in [6, 6.07) is 12.8. The molecule has 3 rings (SSSR count). The number of anilines is 1. The van der Waals surface area contributed by atoms with E-state index in [-0.39, 0.29) is 16.6 Å². The second-order valence-corrected chi connectivity index (χ2v) is 6.94. The Hall–Kier alpha value is -2.71. The van der Waals surface area contributed by atoms with E-state index in [1.807, 2.05) is 0 Å². The van der Waals surface area contributed by atoms with Gasteiger partial charge in [0.05, 0.1) is 10.6 Å². The van der Waals surface area contributed by atoms with Gasteiger partial charge in [0, 0.05) is 5.56 Å². The predicted octanol–water partition coefficient (Wildman–Crippen LogP) is 3.10. The highest BCUT2D eigenvalue weighted by Crippen LogP contribution is 2.37. The fourth-order valence-electron chi connectivity index (χ4n) is 2.33. The Labute approximate surface area is 158 Å². The maximum Gasteiger partial charge on any atom is 0.270 e. The minimum Gasteiger partial charge on any atom is -0.483 e. The largest absolute Gasteiger partial charge is 0.483 e. The van der Waals surface area contributed by atoms with Gasteiger partial charge < -0.3 is 10.5 Å². The molecule has 0 atom stereocenters. The quantitative estimate of drug-likeness (QED) is 0.629. The fraction of sp³-hybridized carbons (Fsp3) is 0.0556. The number of nitrogens with two attached hydrogens (primary N) is 1. The number of hydrogen-bond donors (Lipinski definition) is 1. The Morgan fingerprint density at radius 2 is 1.92 bits per heavy atom. The summed E-state index contributed by atoms with van der Waals surface area (Å²) in [5.41, 5.74) is 5.79. The average molecular weight is 388 g/mol. The molecule has 0 unspecified atom stereocenters. The molecule has 0 radical (unpaired) electrons. The van der Waals surface area contributed by atoms with E-state index in [0.29, 0.717) is 16.2 Å². The van der Waals surface area contributed by atoms with Crippen LogP contribution in [0.3, 0.4) is 0 Å². The van der Waals surface area contributed by atoms with Crippen LogP contribution in [-0.2, 0) is 9.59 Å². The zero-order chi connectivity index (χ0) is 18.7. The topological polar surface area (TPSA) is 72.6 Å². The van der Waals surface area contributed by atoms with E-state index in [4.69, 9.17) is 22.7 Å². The zero-order valence-electron chi connectivity index (χ0n) is 13.3. The van der Waals surface area contributed by atoms with E-state index < -0.39 is 17.6 Å². The molecule has 132 valence electrons. The summed E-state index contributed by atoms with van der Waals surface area (Å²) in [5.74, 6) is -1.15. The summed E-state index contributed by atoms with van der Waals surface area (Å²) >= 11 is 6.31. The number of halogens is 1. The summed E-state index contributed by atoms with van der Waals surface area (Å²) in [7, 11) is 0. The third-order valence-electron chi connectivity index (χ3n) is 3.46. The van der Waals surface area contributed by atoms with Crippen LogP contribution in [0.1, 0.15) is 5.56 Å². The van der Waals surface area contributed by atoms with Crippen molar-refractivity contribution < 1.29 is 18.7 Å². The molecule has 8 heteroatoms. The average Bonchev–Trinajstić information content (AvgIpc) is 2.88. The molecule has 0 spiro atoms. The minimum absolute atomic E-state index is 0.108. The first-order chi connectivity index (χ1) is 12.5. The molecule has 1 heterocycles. The van der Waals surface area contributed by atoms with Crippen LogP contribution < -0.4 is 15.4 Å². The van der Waals surface area contributed by atoms with Crippen LogP contribution in [0.15, 0.2) is 53.4 Å². The van der Waals surface area contributed by atoms with E-state index in [0.717, 1.165) is 16.7 Å². The highest BCUT2D eigenvalue weighted by molar-refractivity contribution is 8.27. The SMILES string of the molecule is NC(=O)COc1ccccc1/C=C1\SC(=S)N(c2ccccc2F)C1=O. The molecular weight excluding hydrogens is 375 g/mol. The van der Waals surface area contributed by atoms with Gasteiger partial charge in [-0.1, -0.05) is 54.3 Å². The molecule has 1 aliphatic rings. The van der Waals surface area contributed by atoms with Crippen LogP contribution in [0.2, 0.25) is 0 Å². The molecule has 2 aromatic carbocycles. The van der Waals surface area contributed by atoms with Crippen molar-refractivity contribution in [2.24, 2.45) is 5.73 Å². The standard InChI is InChI=1S/C18H13FN2O3S2/c19-12-6-2-3-7-13(12)21-17(23)15(26-18(21)25)9-11-5-1-4-8-14(11)24-10-16(20)22/h1-9H,10H2,(H2,20,22)/b15-9-. The molecule has 0 aliphatic carbocycles. The van der Waals surface area contributed by atoms with Crippen molar-refractivity contribution in [2.75, 3.05) is 11.5 Å². The monoisotopic (exact) mass is 388 g/mol. The van der Waals surface area contributed by atoms with E-state index in [2.05, 4.69) is 0 Å². The van der Waals surface area contributed by atoms with Gasteiger partial charge in [-0.15, -0.1) is 0 Å². The lowest BCUT2D eigenvalue weighted by Gasteiger charge is -2.14. The summed E-state index contributed by atoms with van der Waals surface area (Å²) in [5, 5.41) is 0. The van der Waals surface area contributed by atoms with Gasteiger partial charge in [0.1, 0.15) is 11.6 Å². The Bertz CT molecular complexity index is 930. The van der Waals surface area contributed by atoms with E-state index in [9.17, 15) is 14.0 Å². The molecule has 2 N–H and O–H groups in total. The van der Waals surface area contributed by atoms with Crippen LogP contribution in [0, 0.1) is 5.82 Å². The third-order valence-corrected chi connectivity index (χ3v) is 4.76. The number of thiocarbonyl (C=S) groups is 1. The molecule has 0 saturated carbocycles. The number of para-hydroxylation sites is 2. The summed E-state index contributed by atoms with van der Waals surface area (Å²) < 4.78 is 19.6. The van der Waals surface area contributed by atoms with Gasteiger partial charge in [-0.05, 0) is 24.3 Å². The van der Waals surface area contributed by atoms with Crippen LogP contribution >= 0.6 is 24.0 Å². The molecule has 1 fully saturated rings. The maximum atomic E-state index is 14.0. The maximum absolute atomic E-state index is 14.0. The first-order valence-corrected chi connectivity index (χ1v) is 8.72. The number of rotatable bonds is 5. The zero-order valence-corrected chi connectivity index (χ0v) is 15.0. The number of carbonyl (C=O) groups is 2. The van der Waals surface area contributed by atoms with Gasteiger partial charge >= 0.3 is 0 Å². The highest BCUT2D eigenvalue weighted by atomic mass is 32.2. The van der Waals surface area contributed by atoms with Crippen molar-refractivity contribution in [3.05, 3.63) is 64.8 Å². The summed E-state index contributed by atoms with van der Waals surface area (Å²) in [6.45, 7) is -0.277. The van der Waals surface area contributed by atoms with E-state index >= 15 is 0 Å². The van der Waals surface area contributed by atoms with Crippen LogP contribution in [0.5, 0.6) is 5.75 Å². The first kappa shape index (κ1) is 18.1. The highest BCUT2D eigenvalue weighted by Gasteiger charge is 2.34. The van der Waals surface area contributed by atoms with Crippen molar-refractivity contribution in [3.63, 3.8) is 0 Å². The number of hydrogen-bond acceptors (Lipinski definition) is 5. The Morgan fingerprint density at radius 1 is 1.23 bits per heavy atom. The molecule has 0 aromatic heterocycles. The summed E-state index contributed by atoms with van der Waals surface area (Å²) in [6.07, 6.45) is 1.59. The second-order valence-electron chi connectivity index (χ2n) is 5.26. The molecule has 2 aromatic rings. The molecular formula is C18H13FN2O3S2. The number of ether oxygens (including phenoxy) is 1. The second kappa shape index (κ2) is 7.67. The normalized spacial score (nSPS) is 15.6. The predicted molar refractivity (Wildman–Crippen MR) is 103 cm³/mol. The molecule has 26 heavy (non-hydrogen) atoms. The molecule has 0 bridgehead atoms. The van der Waals surface area contributed by atoms with Crippen LogP contribution in [-0.4, -0.2) is 22.7 Å². The lowest BCUT2D eigenvalue weighted by Crippen LogP contribution is -2.28. The lowest BCUT2D eigenvalue weighted by molar-refractivity contribution is -0.120. The van der Waals surface area contributed by atoms with Gasteiger partial charge in [0.25, 0.3) is 11.8 Å². The summed E-state index contributed by atoms with van der Waals surface area (Å²) in [4.78, 5) is 25.1. The molecule has 1 aliphatic heterocycles. The molecule has 1 saturated heterocycles. The molecule has 2 amide bonds. The van der Waals surface area contributed by atoms with E-state index in [1.165, 1.54) is 12.1 Å². The number of nitrogens with zero attached hydrogens (tertiary/aromatic N) is 1. The first-order valence-electron chi connectivity index (χ1n) is 7.50. The number of thioether (sulfide) groups is 1. The fourth-order valence-corrected chi connectivity index (χ4v) is 3.61. The number of benzene rings is 2. The van der Waals surface area contributed by atoms with E-state index in [1.54, 1.807) is 42.5 Å². The number of carbonyl (C=O) groups excluding carboxylic acids is 2. The Kier molecular flexibility index (Phi) is 5.34. The van der Waals surface area contributed by atoms with Gasteiger partial charge in [0.15, 0.2) is 10.9 Å². The van der Waals surface area contributed by atoms with Gasteiger partial charge in [0.2, 0.25) is 0 Å². The van der Waals surface area contributed by atoms with Crippen molar-refractivity contribution in [1.29, 1.82) is 0 Å².